The van der Waals surface area contributed by atoms with Crippen LogP contribution in [0.1, 0.15) is 15.9 Å². The van der Waals surface area contributed by atoms with E-state index >= 15 is 0 Å². The van der Waals surface area contributed by atoms with Crippen LogP contribution in [-0.4, -0.2) is 55.0 Å². The molecule has 0 aliphatic carbocycles. The Balaban J connectivity index is 1.69. The van der Waals surface area contributed by atoms with Gasteiger partial charge in [0.2, 0.25) is 5.91 Å². The predicted octanol–water partition coefficient (Wildman–Crippen LogP) is 1.44. The van der Waals surface area contributed by atoms with Gasteiger partial charge in [0.25, 0.3) is 11.8 Å². The highest BCUT2D eigenvalue weighted by Gasteiger charge is 2.29. The number of nitrogen functional groups attached to an aromatic ring is 1. The van der Waals surface area contributed by atoms with Gasteiger partial charge in [-0.3, -0.25) is 25.3 Å². The predicted molar refractivity (Wildman–Crippen MR) is 126 cm³/mol. The molecule has 174 valence electrons. The van der Waals surface area contributed by atoms with Gasteiger partial charge in [-0.05, 0) is 36.4 Å². The highest BCUT2D eigenvalue weighted by molar-refractivity contribution is 6.32. The first-order valence-corrected chi connectivity index (χ1v) is 10.3. The maximum absolute atomic E-state index is 12.3. The van der Waals surface area contributed by atoms with Crippen molar-refractivity contribution >= 4 is 41.1 Å². The normalized spacial score (nSPS) is 14.7. The fraction of sp³-hybridized carbons (Fsp3) is 0.136. The molecule has 5 N–H and O–H groups in total. The number of rotatable bonds is 5. The van der Waals surface area contributed by atoms with Crippen molar-refractivity contribution in [1.29, 1.82) is 5.41 Å². The molecular weight excluding hydrogens is 462 g/mol. The first kappa shape index (κ1) is 22.8. The molecule has 2 aromatic rings. The minimum Gasteiger partial charge on any atom is -0.435 e. The van der Waals surface area contributed by atoms with Crippen LogP contribution in [0.2, 0.25) is 5.02 Å². The van der Waals surface area contributed by atoms with Gasteiger partial charge >= 0.3 is 6.02 Å². The Morgan fingerprint density at radius 3 is 2.68 bits per heavy atom. The molecule has 4 rings (SSSR count). The number of hydrogen-bond donors (Lipinski definition) is 4. The van der Waals surface area contributed by atoms with Crippen LogP contribution < -0.4 is 25.8 Å². The Labute approximate surface area is 199 Å². The minimum atomic E-state index is -0.347. The number of nitrogens with zero attached hydrogens (tertiary/aromatic N) is 3. The molecule has 34 heavy (non-hydrogen) atoms. The molecule has 0 spiro atoms. The zero-order valence-corrected chi connectivity index (χ0v) is 18.9. The second-order valence-electron chi connectivity index (χ2n) is 7.43. The summed E-state index contributed by atoms with van der Waals surface area (Å²) >= 11 is 6.25. The molecule has 12 heteroatoms. The molecule has 2 amide bonds. The number of benzene rings is 2. The third-order valence-corrected chi connectivity index (χ3v) is 4.99. The molecule has 2 aromatic carbocycles. The molecule has 0 unspecified atom stereocenters. The summed E-state index contributed by atoms with van der Waals surface area (Å²) in [5, 5.41) is 13.4. The standard InChI is InChI=1S/C22H20ClN7O4/c1-30(2)21(32)12-4-3-5-13(8-12)33-22-28-19-17(27-16(31)10-26-19)20(29-22)34-15-9-11(18(24)25)6-7-14(15)23/h3-9H,10H2,1-2H3,(H3,24,25)(H,27,31)(H,26,28,29). The van der Waals surface area contributed by atoms with Crippen LogP contribution >= 0.6 is 11.6 Å². The Hall–Kier alpha value is -4.38. The molecule has 0 radical (unpaired) electrons. The maximum atomic E-state index is 12.3. The average molecular weight is 482 g/mol. The van der Waals surface area contributed by atoms with Crippen molar-refractivity contribution in [3.05, 3.63) is 70.2 Å². The highest BCUT2D eigenvalue weighted by Crippen LogP contribution is 2.29. The fourth-order valence-corrected chi connectivity index (χ4v) is 3.20. The van der Waals surface area contributed by atoms with Gasteiger partial charge in [-0.2, -0.15) is 4.99 Å². The maximum Gasteiger partial charge on any atom is 0.304 e. The number of amidine groups is 3. The Kier molecular flexibility index (Phi) is 6.19. The number of halogens is 1. The van der Waals surface area contributed by atoms with Crippen LogP contribution in [0.4, 0.5) is 0 Å². The molecule has 0 atom stereocenters. The number of nitrogens with one attached hydrogen (secondary N) is 3. The zero-order valence-electron chi connectivity index (χ0n) is 18.2. The Bertz CT molecular complexity index is 1300. The zero-order chi connectivity index (χ0) is 24.4. The van der Waals surface area contributed by atoms with E-state index in [0.717, 1.165) is 0 Å². The van der Waals surface area contributed by atoms with E-state index in [0.29, 0.717) is 16.9 Å². The summed E-state index contributed by atoms with van der Waals surface area (Å²) in [4.78, 5) is 34.2. The van der Waals surface area contributed by atoms with Crippen LogP contribution in [-0.2, 0) is 4.79 Å². The van der Waals surface area contributed by atoms with Crippen LogP contribution in [0.3, 0.4) is 0 Å². The monoisotopic (exact) mass is 481 g/mol. The van der Waals surface area contributed by atoms with Crippen molar-refractivity contribution in [3.63, 3.8) is 0 Å². The van der Waals surface area contributed by atoms with Gasteiger partial charge in [-0.25, -0.2) is 0 Å². The Morgan fingerprint density at radius 1 is 1.15 bits per heavy atom. The van der Waals surface area contributed by atoms with Crippen LogP contribution in [0.25, 0.3) is 0 Å². The van der Waals surface area contributed by atoms with Gasteiger partial charge in [-0.15, -0.1) is 0 Å². The van der Waals surface area contributed by atoms with Crippen molar-refractivity contribution in [3.8, 4) is 11.5 Å². The van der Waals surface area contributed by atoms with Crippen LogP contribution in [0.5, 0.6) is 11.5 Å². The summed E-state index contributed by atoms with van der Waals surface area (Å²) in [6.07, 6.45) is 0. The van der Waals surface area contributed by atoms with E-state index in [4.69, 9.17) is 32.2 Å². The van der Waals surface area contributed by atoms with E-state index in [1.807, 2.05) is 0 Å². The van der Waals surface area contributed by atoms with Gasteiger partial charge in [0.1, 0.15) is 29.6 Å². The molecule has 2 heterocycles. The Morgan fingerprint density at radius 2 is 1.94 bits per heavy atom. The summed E-state index contributed by atoms with van der Waals surface area (Å²) in [7, 11) is 3.31. The molecule has 2 aliphatic rings. The number of hydrogen-bond acceptors (Lipinski definition) is 8. The number of aliphatic imine (C=N–C) groups is 2. The second-order valence-corrected chi connectivity index (χ2v) is 7.83. The van der Waals surface area contributed by atoms with Gasteiger partial charge in [-0.1, -0.05) is 17.7 Å². The first-order valence-electron chi connectivity index (χ1n) is 9.97. The molecule has 0 bridgehead atoms. The molecule has 0 saturated carbocycles. The van der Waals surface area contributed by atoms with E-state index in [9.17, 15) is 9.59 Å². The van der Waals surface area contributed by atoms with Crippen molar-refractivity contribution < 1.29 is 19.1 Å². The minimum absolute atomic E-state index is 0.00180. The lowest BCUT2D eigenvalue weighted by atomic mass is 10.2. The van der Waals surface area contributed by atoms with Crippen LogP contribution in [0.15, 0.2) is 64.0 Å². The fourth-order valence-electron chi connectivity index (χ4n) is 3.04. The number of fused-ring (bicyclic) bond motifs is 1. The van der Waals surface area contributed by atoms with E-state index in [2.05, 4.69) is 20.6 Å². The summed E-state index contributed by atoms with van der Waals surface area (Å²) < 4.78 is 11.7. The lowest BCUT2D eigenvalue weighted by molar-refractivity contribution is -0.119. The van der Waals surface area contributed by atoms with E-state index in [1.54, 1.807) is 44.4 Å². The van der Waals surface area contributed by atoms with Gasteiger partial charge in [0.15, 0.2) is 5.84 Å². The molecular formula is C22H20ClN7O4. The van der Waals surface area contributed by atoms with Crippen molar-refractivity contribution in [2.75, 3.05) is 20.6 Å². The number of amides is 2. The highest BCUT2D eigenvalue weighted by atomic mass is 35.5. The van der Waals surface area contributed by atoms with E-state index < -0.39 is 0 Å². The quantitative estimate of drug-likeness (QED) is 0.374. The third-order valence-electron chi connectivity index (χ3n) is 4.67. The van der Waals surface area contributed by atoms with Gasteiger partial charge in [0.05, 0.1) is 5.02 Å². The molecule has 0 aromatic heterocycles. The number of carbonyl (C=O) groups is 2. The SMILES string of the molecule is CN(C)C(=O)c1cccc(OC2=NC(Oc3cc(C(=N)N)ccc3Cl)=C3NC(=O)CN=C3N2)c1. The third kappa shape index (κ3) is 4.84. The lowest BCUT2D eigenvalue weighted by Crippen LogP contribution is -2.48. The summed E-state index contributed by atoms with van der Waals surface area (Å²) in [6.45, 7) is -0.0974. The number of ether oxygens (including phenoxy) is 2. The summed E-state index contributed by atoms with van der Waals surface area (Å²) in [6, 6.07) is 11.2. The van der Waals surface area contributed by atoms with Gasteiger partial charge < -0.3 is 25.4 Å². The molecule has 0 saturated heterocycles. The number of nitrogens with two attached hydrogens (primary N) is 1. The number of carbonyl (C=O) groups excluding carboxylic acids is 2. The first-order chi connectivity index (χ1) is 16.2. The average Bonchev–Trinajstić information content (AvgIpc) is 2.80. The van der Waals surface area contributed by atoms with E-state index in [-0.39, 0.29) is 58.4 Å². The molecule has 11 nitrogen and oxygen atoms in total. The van der Waals surface area contributed by atoms with Crippen molar-refractivity contribution in [2.45, 2.75) is 0 Å². The van der Waals surface area contributed by atoms with Crippen molar-refractivity contribution in [2.24, 2.45) is 15.7 Å². The van der Waals surface area contributed by atoms with Crippen molar-refractivity contribution in [1.82, 2.24) is 15.5 Å². The summed E-state index contributed by atoms with van der Waals surface area (Å²) in [5.41, 5.74) is 6.58. The smallest absolute Gasteiger partial charge is 0.304 e. The van der Waals surface area contributed by atoms with Gasteiger partial charge in [0, 0.05) is 25.2 Å². The largest absolute Gasteiger partial charge is 0.435 e. The summed E-state index contributed by atoms with van der Waals surface area (Å²) in [5.74, 6) is 0.0488. The molecule has 2 aliphatic heterocycles. The van der Waals surface area contributed by atoms with E-state index in [1.165, 1.54) is 17.0 Å². The van der Waals surface area contributed by atoms with Crippen LogP contribution in [0, 0.1) is 5.41 Å². The second kappa shape index (κ2) is 9.24. The molecule has 0 fully saturated rings. The lowest BCUT2D eigenvalue weighted by Gasteiger charge is -2.25. The topological polar surface area (TPSA) is 154 Å².